The topological polar surface area (TPSA) is 27.7 Å². The zero-order chi connectivity index (χ0) is 39.6. The Balaban J connectivity index is 2.46. The van der Waals surface area contributed by atoms with Crippen LogP contribution in [-0.2, 0) is 25.7 Å². The average Bonchev–Trinajstić information content (AvgIpc) is 3.19. The minimum Gasteiger partial charge on any atom is -0.494 e. The Morgan fingerprint density at radius 1 is 0.273 bits per heavy atom. The summed E-state index contributed by atoms with van der Waals surface area (Å²) in [5.74, 6) is 4.26. The summed E-state index contributed by atoms with van der Waals surface area (Å²) in [6.45, 7) is 14.9. The van der Waals surface area contributed by atoms with E-state index in [0.29, 0.717) is 13.2 Å². The van der Waals surface area contributed by atoms with Crippen LogP contribution in [0.3, 0.4) is 0 Å². The molecule has 0 N–H and O–H groups in total. The fourth-order valence-electron chi connectivity index (χ4n) is 8.32. The molecule has 0 unspecified atom stereocenters. The standard InChI is InChI=1S/C52H90O3/c1-7-13-17-21-25-29-33-37-45-47(39-35-31-27-23-19-15-9-3)51(43-41-49(45)53-11-5)55-52-44-42-50(54-12-6)46(38-34-30-26-22-18-14-8-2)48(52)40-36-32-28-24-20-16-10-4/h41-44H,7-40H2,1-6H3. The first-order chi connectivity index (χ1) is 27.1. The Morgan fingerprint density at radius 3 is 0.745 bits per heavy atom. The minimum atomic E-state index is 0.699. The number of ether oxygens (including phenoxy) is 3. The van der Waals surface area contributed by atoms with E-state index in [1.165, 1.54) is 202 Å². The summed E-state index contributed by atoms with van der Waals surface area (Å²) in [6.07, 6.45) is 41.2. The molecular formula is C52H90O3. The first-order valence-corrected chi connectivity index (χ1v) is 24.4. The molecule has 0 bridgehead atoms. The molecule has 2 rings (SSSR count). The predicted octanol–water partition coefficient (Wildman–Crippen LogP) is 17.4. The second-order valence-corrected chi connectivity index (χ2v) is 16.5. The van der Waals surface area contributed by atoms with Crippen molar-refractivity contribution in [2.75, 3.05) is 13.2 Å². The van der Waals surface area contributed by atoms with E-state index in [4.69, 9.17) is 14.2 Å². The van der Waals surface area contributed by atoms with Crippen LogP contribution in [0.5, 0.6) is 23.0 Å². The lowest BCUT2D eigenvalue weighted by Crippen LogP contribution is -2.07. The zero-order valence-corrected chi connectivity index (χ0v) is 37.6. The van der Waals surface area contributed by atoms with Crippen LogP contribution in [0, 0.1) is 0 Å². The molecule has 2 aromatic carbocycles. The fourth-order valence-corrected chi connectivity index (χ4v) is 8.32. The number of hydrogen-bond donors (Lipinski definition) is 0. The molecule has 0 fully saturated rings. The van der Waals surface area contributed by atoms with E-state index in [1.54, 1.807) is 0 Å². The van der Waals surface area contributed by atoms with Crippen LogP contribution >= 0.6 is 0 Å². The van der Waals surface area contributed by atoms with Gasteiger partial charge in [0.2, 0.25) is 0 Å². The molecule has 55 heavy (non-hydrogen) atoms. The van der Waals surface area contributed by atoms with Crippen LogP contribution in [0.15, 0.2) is 24.3 Å². The molecule has 3 nitrogen and oxygen atoms in total. The molecule has 0 heterocycles. The van der Waals surface area contributed by atoms with Gasteiger partial charge in [-0.25, -0.2) is 0 Å². The lowest BCUT2D eigenvalue weighted by Gasteiger charge is -2.23. The van der Waals surface area contributed by atoms with Gasteiger partial charge in [-0.05, 0) is 89.5 Å². The number of unbranched alkanes of at least 4 members (excludes halogenated alkanes) is 24. The van der Waals surface area contributed by atoms with Gasteiger partial charge in [0.1, 0.15) is 23.0 Å². The lowest BCUT2D eigenvalue weighted by atomic mass is 9.93. The van der Waals surface area contributed by atoms with Crippen molar-refractivity contribution in [1.82, 2.24) is 0 Å². The van der Waals surface area contributed by atoms with Crippen molar-refractivity contribution in [3.63, 3.8) is 0 Å². The number of rotatable bonds is 38. The summed E-state index contributed by atoms with van der Waals surface area (Å²) >= 11 is 0. The van der Waals surface area contributed by atoms with Gasteiger partial charge < -0.3 is 14.2 Å². The average molecular weight is 763 g/mol. The van der Waals surface area contributed by atoms with Crippen molar-refractivity contribution in [1.29, 1.82) is 0 Å². The van der Waals surface area contributed by atoms with Gasteiger partial charge in [-0.3, -0.25) is 0 Å². The van der Waals surface area contributed by atoms with Crippen LogP contribution in [-0.4, -0.2) is 13.2 Å². The van der Waals surface area contributed by atoms with E-state index in [9.17, 15) is 0 Å². The van der Waals surface area contributed by atoms with E-state index < -0.39 is 0 Å². The number of benzene rings is 2. The lowest BCUT2D eigenvalue weighted by molar-refractivity contribution is 0.333. The Labute approximate surface area is 342 Å². The maximum Gasteiger partial charge on any atom is 0.131 e. The molecule has 3 heteroatoms. The molecule has 316 valence electrons. The van der Waals surface area contributed by atoms with Gasteiger partial charge in [0, 0.05) is 22.3 Å². The zero-order valence-electron chi connectivity index (χ0n) is 37.6. The Hall–Kier alpha value is -2.16. The molecule has 0 aliphatic rings. The SMILES string of the molecule is CCCCCCCCCc1c(OCC)ccc(Oc2ccc(OCC)c(CCCCCCCCC)c2CCCCCCCCC)c1CCCCCCCCC. The third kappa shape index (κ3) is 21.3. The highest BCUT2D eigenvalue weighted by Gasteiger charge is 2.20. The van der Waals surface area contributed by atoms with Crippen molar-refractivity contribution in [3.8, 4) is 23.0 Å². The largest absolute Gasteiger partial charge is 0.494 e. The van der Waals surface area contributed by atoms with E-state index in [2.05, 4.69) is 65.8 Å². The molecule has 0 aliphatic carbocycles. The molecule has 0 spiro atoms. The van der Waals surface area contributed by atoms with Crippen LogP contribution < -0.4 is 14.2 Å². The molecule has 0 aromatic heterocycles. The summed E-state index contributed by atoms with van der Waals surface area (Å²) in [6, 6.07) is 8.90. The van der Waals surface area contributed by atoms with Crippen LogP contribution in [0.1, 0.15) is 244 Å². The smallest absolute Gasteiger partial charge is 0.131 e. The molecule has 2 aromatic rings. The van der Waals surface area contributed by atoms with Crippen molar-refractivity contribution in [2.24, 2.45) is 0 Å². The molecule has 0 aliphatic heterocycles. The van der Waals surface area contributed by atoms with Crippen molar-refractivity contribution >= 4 is 0 Å². The van der Waals surface area contributed by atoms with Crippen molar-refractivity contribution in [3.05, 3.63) is 46.5 Å². The van der Waals surface area contributed by atoms with E-state index in [-0.39, 0.29) is 0 Å². The maximum atomic E-state index is 7.24. The second-order valence-electron chi connectivity index (χ2n) is 16.5. The second kappa shape index (κ2) is 33.9. The summed E-state index contributed by atoms with van der Waals surface area (Å²) in [5.41, 5.74) is 5.60. The van der Waals surface area contributed by atoms with E-state index in [0.717, 1.165) is 48.7 Å². The quantitative estimate of drug-likeness (QED) is 0.0638. The van der Waals surface area contributed by atoms with Gasteiger partial charge in [0.05, 0.1) is 13.2 Å². The first-order valence-electron chi connectivity index (χ1n) is 24.4. The van der Waals surface area contributed by atoms with Gasteiger partial charge in [0.15, 0.2) is 0 Å². The van der Waals surface area contributed by atoms with Crippen molar-refractivity contribution < 1.29 is 14.2 Å². The highest BCUT2D eigenvalue weighted by molar-refractivity contribution is 5.54. The summed E-state index contributed by atoms with van der Waals surface area (Å²) in [7, 11) is 0. The molecule has 0 saturated carbocycles. The van der Waals surface area contributed by atoms with E-state index >= 15 is 0 Å². The monoisotopic (exact) mass is 763 g/mol. The van der Waals surface area contributed by atoms with Crippen molar-refractivity contribution in [2.45, 2.75) is 247 Å². The molecular weight excluding hydrogens is 673 g/mol. The molecule has 0 radical (unpaired) electrons. The summed E-state index contributed by atoms with van der Waals surface area (Å²) in [4.78, 5) is 0. The van der Waals surface area contributed by atoms with Gasteiger partial charge in [-0.15, -0.1) is 0 Å². The van der Waals surface area contributed by atoms with Gasteiger partial charge in [-0.2, -0.15) is 0 Å². The number of hydrogen-bond acceptors (Lipinski definition) is 3. The predicted molar refractivity (Wildman–Crippen MR) is 242 cm³/mol. The Bertz CT molecular complexity index is 1090. The van der Waals surface area contributed by atoms with Gasteiger partial charge in [-0.1, -0.05) is 182 Å². The highest BCUT2D eigenvalue weighted by Crippen LogP contribution is 2.40. The summed E-state index contributed by atoms with van der Waals surface area (Å²) < 4.78 is 20.0. The van der Waals surface area contributed by atoms with Gasteiger partial charge >= 0.3 is 0 Å². The summed E-state index contributed by atoms with van der Waals surface area (Å²) in [5, 5.41) is 0. The Kier molecular flexibility index (Phi) is 30.2. The Morgan fingerprint density at radius 2 is 0.491 bits per heavy atom. The maximum absolute atomic E-state index is 7.24. The van der Waals surface area contributed by atoms with Crippen LogP contribution in [0.25, 0.3) is 0 Å². The molecule has 0 amide bonds. The van der Waals surface area contributed by atoms with Crippen LogP contribution in [0.2, 0.25) is 0 Å². The normalized spacial score (nSPS) is 11.4. The third-order valence-corrected chi connectivity index (χ3v) is 11.6. The minimum absolute atomic E-state index is 0.699. The highest BCUT2D eigenvalue weighted by atomic mass is 16.5. The van der Waals surface area contributed by atoms with E-state index in [1.807, 2.05) is 0 Å². The first kappa shape index (κ1) is 49.0. The molecule has 0 saturated heterocycles. The fraction of sp³-hybridized carbons (Fsp3) is 0.769. The van der Waals surface area contributed by atoms with Crippen LogP contribution in [0.4, 0.5) is 0 Å². The third-order valence-electron chi connectivity index (χ3n) is 11.6. The molecule has 0 atom stereocenters. The van der Waals surface area contributed by atoms with Gasteiger partial charge in [0.25, 0.3) is 0 Å².